The lowest BCUT2D eigenvalue weighted by Crippen LogP contribution is -2.39. The van der Waals surface area contributed by atoms with Gasteiger partial charge in [0.05, 0.1) is 0 Å². The molecule has 1 nitrogen and oxygen atoms in total. The highest BCUT2D eigenvalue weighted by molar-refractivity contribution is 5.14. The van der Waals surface area contributed by atoms with Gasteiger partial charge in [0, 0.05) is 13.1 Å². The first-order chi connectivity index (χ1) is 9.22. The second-order valence-corrected chi connectivity index (χ2v) is 5.86. The summed E-state index contributed by atoms with van der Waals surface area (Å²) in [5, 5.41) is 0. The zero-order valence-electron chi connectivity index (χ0n) is 12.1. The Hall–Kier alpha value is -0.890. The Morgan fingerprint density at radius 3 is 2.58 bits per heavy atom. The fraction of sp³-hybridized carbons (Fsp3) is 0.647. The van der Waals surface area contributed by atoms with Gasteiger partial charge in [0.15, 0.2) is 0 Å². The van der Waals surface area contributed by atoms with Gasteiger partial charge in [0.2, 0.25) is 0 Å². The number of halogens is 1. The van der Waals surface area contributed by atoms with Crippen LogP contribution in [0.5, 0.6) is 0 Å². The van der Waals surface area contributed by atoms with E-state index in [0.29, 0.717) is 13.0 Å². The van der Waals surface area contributed by atoms with Crippen molar-refractivity contribution in [3.63, 3.8) is 0 Å². The molecule has 2 rings (SSSR count). The highest BCUT2D eigenvalue weighted by atomic mass is 19.1. The maximum atomic E-state index is 14.8. The van der Waals surface area contributed by atoms with E-state index in [2.05, 4.69) is 29.2 Å². The minimum absolute atomic E-state index is 0.596. The summed E-state index contributed by atoms with van der Waals surface area (Å²) in [7, 11) is 0. The Balaban J connectivity index is 2.03. The summed E-state index contributed by atoms with van der Waals surface area (Å²) < 4.78 is 14.8. The van der Waals surface area contributed by atoms with Crippen LogP contribution in [-0.4, -0.2) is 23.7 Å². The van der Waals surface area contributed by atoms with Crippen LogP contribution in [0.1, 0.15) is 51.0 Å². The summed E-state index contributed by atoms with van der Waals surface area (Å²) >= 11 is 0. The number of hydrogen-bond donors (Lipinski definition) is 0. The van der Waals surface area contributed by atoms with Crippen LogP contribution < -0.4 is 0 Å². The van der Waals surface area contributed by atoms with Crippen molar-refractivity contribution in [1.29, 1.82) is 0 Å². The second-order valence-electron chi connectivity index (χ2n) is 5.86. The average Bonchev–Trinajstić information content (AvgIpc) is 2.51. The lowest BCUT2D eigenvalue weighted by atomic mass is 9.95. The van der Waals surface area contributed by atoms with E-state index >= 15 is 0 Å². The molecule has 1 aliphatic heterocycles. The van der Waals surface area contributed by atoms with Gasteiger partial charge in [-0.05, 0) is 31.4 Å². The molecule has 1 unspecified atom stereocenters. The van der Waals surface area contributed by atoms with E-state index in [1.165, 1.54) is 24.8 Å². The van der Waals surface area contributed by atoms with Crippen molar-refractivity contribution < 1.29 is 4.39 Å². The van der Waals surface area contributed by atoms with Crippen molar-refractivity contribution >= 4 is 0 Å². The molecule has 0 aliphatic carbocycles. The van der Waals surface area contributed by atoms with Gasteiger partial charge in [0.25, 0.3) is 0 Å². The topological polar surface area (TPSA) is 3.24 Å². The zero-order chi connectivity index (χ0) is 13.6. The lowest BCUT2D eigenvalue weighted by Gasteiger charge is -2.31. The zero-order valence-corrected chi connectivity index (χ0v) is 12.1. The maximum Gasteiger partial charge on any atom is 0.123 e. The number of rotatable bonds is 3. The van der Waals surface area contributed by atoms with Gasteiger partial charge in [-0.3, -0.25) is 4.90 Å². The predicted octanol–water partition coefficient (Wildman–Crippen LogP) is 4.57. The van der Waals surface area contributed by atoms with Gasteiger partial charge in [-0.15, -0.1) is 0 Å². The molecule has 0 aromatic heterocycles. The summed E-state index contributed by atoms with van der Waals surface area (Å²) in [5.41, 5.74) is 0.305. The molecule has 1 fully saturated rings. The summed E-state index contributed by atoms with van der Waals surface area (Å²) in [6, 6.07) is 10.4. The van der Waals surface area contributed by atoms with Gasteiger partial charge in [0.1, 0.15) is 5.67 Å². The summed E-state index contributed by atoms with van der Waals surface area (Å²) in [6.07, 6.45) is 6.04. The Labute approximate surface area is 116 Å². The van der Waals surface area contributed by atoms with Crippen LogP contribution in [0.15, 0.2) is 30.3 Å². The maximum absolute atomic E-state index is 14.8. The molecular formula is C17H26FN. The van der Waals surface area contributed by atoms with E-state index in [9.17, 15) is 4.39 Å². The van der Waals surface area contributed by atoms with Gasteiger partial charge < -0.3 is 0 Å². The molecule has 0 spiro atoms. The van der Waals surface area contributed by atoms with Crippen molar-refractivity contribution in [3.05, 3.63) is 35.9 Å². The first-order valence-electron chi connectivity index (χ1n) is 7.67. The minimum Gasteiger partial charge on any atom is -0.296 e. The van der Waals surface area contributed by atoms with Crippen LogP contribution in [0.2, 0.25) is 0 Å². The minimum atomic E-state index is -0.987. The largest absolute Gasteiger partial charge is 0.296 e. The van der Waals surface area contributed by atoms with Crippen molar-refractivity contribution in [2.75, 3.05) is 13.1 Å². The fourth-order valence-corrected chi connectivity index (χ4v) is 2.95. The van der Waals surface area contributed by atoms with Crippen LogP contribution in [0.3, 0.4) is 0 Å². The van der Waals surface area contributed by atoms with Crippen LogP contribution in [0.25, 0.3) is 0 Å². The molecule has 1 atom stereocenters. The molecule has 1 aromatic carbocycles. The van der Waals surface area contributed by atoms with Crippen LogP contribution in [-0.2, 0) is 6.54 Å². The average molecular weight is 263 g/mol. The van der Waals surface area contributed by atoms with Gasteiger partial charge in [-0.1, -0.05) is 56.5 Å². The van der Waals surface area contributed by atoms with E-state index in [4.69, 9.17) is 0 Å². The highest BCUT2D eigenvalue weighted by Crippen LogP contribution is 2.27. The molecule has 0 bridgehead atoms. The fourth-order valence-electron chi connectivity index (χ4n) is 2.95. The molecule has 0 saturated carbocycles. The van der Waals surface area contributed by atoms with Crippen molar-refractivity contribution in [1.82, 2.24) is 4.90 Å². The van der Waals surface area contributed by atoms with E-state index in [0.717, 1.165) is 25.9 Å². The van der Waals surface area contributed by atoms with Gasteiger partial charge in [-0.2, -0.15) is 0 Å². The van der Waals surface area contributed by atoms with E-state index < -0.39 is 5.67 Å². The number of alkyl halides is 1. The molecule has 0 amide bonds. The molecule has 106 valence electrons. The van der Waals surface area contributed by atoms with Crippen LogP contribution in [0.4, 0.5) is 4.39 Å². The Morgan fingerprint density at radius 2 is 1.84 bits per heavy atom. The van der Waals surface area contributed by atoms with Crippen molar-refractivity contribution in [2.24, 2.45) is 0 Å². The predicted molar refractivity (Wildman–Crippen MR) is 78.9 cm³/mol. The van der Waals surface area contributed by atoms with Gasteiger partial charge in [-0.25, -0.2) is 4.39 Å². The molecule has 1 heterocycles. The van der Waals surface area contributed by atoms with Gasteiger partial charge >= 0.3 is 0 Å². The van der Waals surface area contributed by atoms with E-state index in [1.807, 2.05) is 13.0 Å². The molecule has 0 radical (unpaired) electrons. The molecule has 1 aliphatic rings. The van der Waals surface area contributed by atoms with E-state index in [1.54, 1.807) is 0 Å². The number of hydrogen-bond acceptors (Lipinski definition) is 1. The second kappa shape index (κ2) is 7.04. The summed E-state index contributed by atoms with van der Waals surface area (Å²) in [4.78, 5) is 2.31. The molecule has 1 saturated heterocycles. The molecule has 19 heavy (non-hydrogen) atoms. The normalized spacial score (nSPS) is 26.4. The van der Waals surface area contributed by atoms with Crippen LogP contribution in [0, 0.1) is 0 Å². The van der Waals surface area contributed by atoms with Crippen LogP contribution >= 0.6 is 0 Å². The molecule has 2 heteroatoms. The SMILES string of the molecule is CCC1(F)CCCCCCN(Cc2ccccc2)C1. The third-order valence-electron chi connectivity index (χ3n) is 4.24. The quantitative estimate of drug-likeness (QED) is 0.772. The third-order valence-corrected chi connectivity index (χ3v) is 4.24. The summed E-state index contributed by atoms with van der Waals surface area (Å²) in [6.45, 7) is 4.49. The Morgan fingerprint density at radius 1 is 1.11 bits per heavy atom. The standard InChI is InChI=1S/C17H26FN/c1-2-17(18)12-8-3-4-9-13-19(15-17)14-16-10-6-5-7-11-16/h5-7,10-11H,2-4,8-9,12-15H2,1H3. The first kappa shape index (κ1) is 14.5. The number of benzene rings is 1. The lowest BCUT2D eigenvalue weighted by molar-refractivity contribution is 0.0769. The molecule has 0 N–H and O–H groups in total. The number of nitrogens with zero attached hydrogens (tertiary/aromatic N) is 1. The third kappa shape index (κ3) is 4.61. The molecule has 1 aromatic rings. The van der Waals surface area contributed by atoms with E-state index in [-0.39, 0.29) is 0 Å². The van der Waals surface area contributed by atoms with Crippen molar-refractivity contribution in [3.8, 4) is 0 Å². The monoisotopic (exact) mass is 263 g/mol. The molecular weight excluding hydrogens is 237 g/mol. The Bertz CT molecular complexity index is 365. The Kier molecular flexibility index (Phi) is 5.38. The van der Waals surface area contributed by atoms with Crippen molar-refractivity contribution in [2.45, 2.75) is 57.7 Å². The summed E-state index contributed by atoms with van der Waals surface area (Å²) in [5.74, 6) is 0. The first-order valence-corrected chi connectivity index (χ1v) is 7.67. The smallest absolute Gasteiger partial charge is 0.123 e. The highest BCUT2D eigenvalue weighted by Gasteiger charge is 2.30.